The van der Waals surface area contributed by atoms with Crippen LogP contribution in [-0.2, 0) is 36.4 Å². The highest BCUT2D eigenvalue weighted by molar-refractivity contribution is 7.89. The van der Waals surface area contributed by atoms with Crippen LogP contribution in [0.2, 0.25) is 0 Å². The third-order valence-electron chi connectivity index (χ3n) is 5.84. The zero-order valence-corrected chi connectivity index (χ0v) is 17.1. The van der Waals surface area contributed by atoms with E-state index in [1.807, 2.05) is 17.7 Å². The minimum Gasteiger partial charge on any atom is -0.378 e. The van der Waals surface area contributed by atoms with Crippen molar-refractivity contribution in [3.8, 4) is 0 Å². The lowest BCUT2D eigenvalue weighted by molar-refractivity contribution is -0.181. The molecular weight excluding hydrogens is 384 g/mol. The van der Waals surface area contributed by atoms with Crippen LogP contribution in [0.1, 0.15) is 32.0 Å². The fourth-order valence-electron chi connectivity index (χ4n) is 4.37. The lowest BCUT2D eigenvalue weighted by atomic mass is 9.89. The number of aromatic nitrogens is 2. The van der Waals surface area contributed by atoms with Gasteiger partial charge in [0, 0.05) is 38.6 Å². The van der Waals surface area contributed by atoms with Gasteiger partial charge in [0.2, 0.25) is 10.0 Å². The fourth-order valence-corrected chi connectivity index (χ4v) is 5.88. The van der Waals surface area contributed by atoms with Gasteiger partial charge in [0.25, 0.3) is 5.91 Å². The highest BCUT2D eigenvalue weighted by Gasteiger charge is 2.49. The summed E-state index contributed by atoms with van der Waals surface area (Å²) in [5.41, 5.74) is -0.716. The lowest BCUT2D eigenvalue weighted by Crippen LogP contribution is -2.56. The second-order valence-corrected chi connectivity index (χ2v) is 9.75. The molecule has 4 heterocycles. The van der Waals surface area contributed by atoms with Crippen LogP contribution in [0.4, 0.5) is 0 Å². The average molecular weight is 413 g/mol. The molecule has 1 spiro atoms. The Hall–Kier alpha value is -1.49. The molecule has 9 nitrogen and oxygen atoms in total. The van der Waals surface area contributed by atoms with Gasteiger partial charge in [0.05, 0.1) is 25.5 Å². The average Bonchev–Trinajstić information content (AvgIpc) is 3.18. The molecule has 2 fully saturated rings. The molecule has 0 aromatic carbocycles. The molecule has 0 saturated carbocycles. The molecule has 2 saturated heterocycles. The predicted octanol–water partition coefficient (Wildman–Crippen LogP) is 0.172. The van der Waals surface area contributed by atoms with Crippen LogP contribution >= 0.6 is 0 Å². The Kier molecular flexibility index (Phi) is 5.47. The van der Waals surface area contributed by atoms with Gasteiger partial charge in [-0.05, 0) is 19.3 Å². The van der Waals surface area contributed by atoms with Gasteiger partial charge in [0.15, 0.2) is 6.10 Å². The first kappa shape index (κ1) is 19.8. The van der Waals surface area contributed by atoms with Gasteiger partial charge in [-0.3, -0.25) is 4.79 Å². The van der Waals surface area contributed by atoms with Crippen molar-refractivity contribution in [3.05, 3.63) is 18.2 Å². The number of carbonyl (C=O) groups excluding carboxylic acids is 1. The van der Waals surface area contributed by atoms with Gasteiger partial charge in [-0.2, -0.15) is 0 Å². The summed E-state index contributed by atoms with van der Waals surface area (Å²) in [6.07, 6.45) is 4.61. The number of amides is 1. The van der Waals surface area contributed by atoms with Gasteiger partial charge in [-0.1, -0.05) is 6.92 Å². The SMILES string of the molecule is CCCS(=O)(=O)N1CCC2(CC1)OC(C(=O)N1CCOCC1)Cn1ccnc12. The molecule has 0 radical (unpaired) electrons. The van der Waals surface area contributed by atoms with Crippen LogP contribution in [0.15, 0.2) is 12.4 Å². The summed E-state index contributed by atoms with van der Waals surface area (Å²) in [6, 6.07) is 0. The van der Waals surface area contributed by atoms with Crippen molar-refractivity contribution >= 4 is 15.9 Å². The number of piperidine rings is 1. The highest BCUT2D eigenvalue weighted by atomic mass is 32.2. The van der Waals surface area contributed by atoms with Crippen LogP contribution in [0.5, 0.6) is 0 Å². The molecule has 156 valence electrons. The Balaban J connectivity index is 1.53. The summed E-state index contributed by atoms with van der Waals surface area (Å²) < 4.78 is 40.1. The maximum Gasteiger partial charge on any atom is 0.253 e. The number of rotatable bonds is 4. The van der Waals surface area contributed by atoms with E-state index in [-0.39, 0.29) is 11.7 Å². The standard InChI is InChI=1S/C18H28N4O5S/c1-2-13-28(24,25)22-6-3-18(4-7-22)17-19-5-8-21(17)14-15(27-18)16(23)20-9-11-26-12-10-20/h5,8,15H,2-4,6-7,9-14H2,1H3. The van der Waals surface area contributed by atoms with Crippen molar-refractivity contribution in [1.29, 1.82) is 0 Å². The number of imidazole rings is 1. The van der Waals surface area contributed by atoms with Crippen LogP contribution in [-0.4, -0.2) is 84.3 Å². The third kappa shape index (κ3) is 3.58. The summed E-state index contributed by atoms with van der Waals surface area (Å²) in [5, 5.41) is 0. The first-order chi connectivity index (χ1) is 13.5. The van der Waals surface area contributed by atoms with E-state index in [9.17, 15) is 13.2 Å². The van der Waals surface area contributed by atoms with E-state index >= 15 is 0 Å². The molecule has 1 unspecified atom stereocenters. The Morgan fingerprint density at radius 3 is 2.64 bits per heavy atom. The van der Waals surface area contributed by atoms with Crippen molar-refractivity contribution in [2.24, 2.45) is 0 Å². The number of hydrogen-bond donors (Lipinski definition) is 0. The van der Waals surface area contributed by atoms with Crippen molar-refractivity contribution < 1.29 is 22.7 Å². The van der Waals surface area contributed by atoms with Gasteiger partial charge in [-0.15, -0.1) is 0 Å². The smallest absolute Gasteiger partial charge is 0.253 e. The topological polar surface area (TPSA) is 94.0 Å². The second-order valence-electron chi connectivity index (χ2n) is 7.66. The largest absolute Gasteiger partial charge is 0.378 e. The first-order valence-electron chi connectivity index (χ1n) is 9.99. The number of ether oxygens (including phenoxy) is 2. The molecular formula is C18H28N4O5S. The Morgan fingerprint density at radius 2 is 1.96 bits per heavy atom. The highest BCUT2D eigenvalue weighted by Crippen LogP contribution is 2.41. The summed E-state index contributed by atoms with van der Waals surface area (Å²) in [4.78, 5) is 19.3. The number of sulfonamides is 1. The molecule has 1 amide bonds. The van der Waals surface area contributed by atoms with Crippen LogP contribution < -0.4 is 0 Å². The molecule has 4 rings (SSSR count). The lowest BCUT2D eigenvalue weighted by Gasteiger charge is -2.46. The van der Waals surface area contributed by atoms with E-state index in [4.69, 9.17) is 9.47 Å². The van der Waals surface area contributed by atoms with Crippen LogP contribution in [0.3, 0.4) is 0 Å². The van der Waals surface area contributed by atoms with E-state index in [1.54, 1.807) is 15.4 Å². The van der Waals surface area contributed by atoms with E-state index < -0.39 is 21.7 Å². The van der Waals surface area contributed by atoms with E-state index in [2.05, 4.69) is 4.98 Å². The molecule has 0 aliphatic carbocycles. The van der Waals surface area contributed by atoms with Crippen LogP contribution in [0.25, 0.3) is 0 Å². The molecule has 1 atom stereocenters. The maximum absolute atomic E-state index is 13.0. The Morgan fingerprint density at radius 1 is 1.25 bits per heavy atom. The molecule has 10 heteroatoms. The monoisotopic (exact) mass is 412 g/mol. The molecule has 0 N–H and O–H groups in total. The molecule has 1 aromatic rings. The molecule has 3 aliphatic heterocycles. The summed E-state index contributed by atoms with van der Waals surface area (Å²) >= 11 is 0. The van der Waals surface area contributed by atoms with Gasteiger partial charge < -0.3 is 18.9 Å². The van der Waals surface area contributed by atoms with Crippen molar-refractivity contribution in [3.63, 3.8) is 0 Å². The molecule has 28 heavy (non-hydrogen) atoms. The summed E-state index contributed by atoms with van der Waals surface area (Å²) in [7, 11) is -3.24. The number of fused-ring (bicyclic) bond motifs is 2. The van der Waals surface area contributed by atoms with Gasteiger partial charge in [0.1, 0.15) is 11.4 Å². The maximum atomic E-state index is 13.0. The van der Waals surface area contributed by atoms with Gasteiger partial charge in [-0.25, -0.2) is 17.7 Å². The van der Waals surface area contributed by atoms with E-state index in [0.29, 0.717) is 65.2 Å². The number of hydrogen-bond acceptors (Lipinski definition) is 6. The van der Waals surface area contributed by atoms with Crippen molar-refractivity contribution in [2.75, 3.05) is 45.1 Å². The Bertz CT molecular complexity index is 810. The number of carbonyl (C=O) groups is 1. The van der Waals surface area contributed by atoms with Crippen molar-refractivity contribution in [1.82, 2.24) is 18.8 Å². The molecule has 0 bridgehead atoms. The first-order valence-corrected chi connectivity index (χ1v) is 11.6. The van der Waals surface area contributed by atoms with E-state index in [1.165, 1.54) is 0 Å². The van der Waals surface area contributed by atoms with Crippen LogP contribution in [0, 0.1) is 0 Å². The van der Waals surface area contributed by atoms with E-state index in [0.717, 1.165) is 5.82 Å². The quantitative estimate of drug-likeness (QED) is 0.700. The predicted molar refractivity (Wildman–Crippen MR) is 101 cm³/mol. The normalized spacial score (nSPS) is 25.6. The third-order valence-corrected chi connectivity index (χ3v) is 7.91. The molecule has 1 aromatic heterocycles. The zero-order valence-electron chi connectivity index (χ0n) is 16.2. The number of morpholine rings is 1. The number of nitrogens with zero attached hydrogens (tertiary/aromatic N) is 4. The fraction of sp³-hybridized carbons (Fsp3) is 0.778. The molecule has 3 aliphatic rings. The summed E-state index contributed by atoms with van der Waals surface area (Å²) in [5.74, 6) is 0.933. The van der Waals surface area contributed by atoms with Gasteiger partial charge >= 0.3 is 0 Å². The minimum absolute atomic E-state index is 0.0249. The summed E-state index contributed by atoms with van der Waals surface area (Å²) in [6.45, 7) is 5.31. The second kappa shape index (κ2) is 7.74. The van der Waals surface area contributed by atoms with Crippen molar-refractivity contribution in [2.45, 2.75) is 44.4 Å². The Labute approximate surface area is 165 Å². The minimum atomic E-state index is -3.24. The zero-order chi connectivity index (χ0) is 19.8.